The van der Waals surface area contributed by atoms with Crippen LogP contribution in [-0.4, -0.2) is 60.0 Å². The Balaban J connectivity index is 1.75. The topological polar surface area (TPSA) is 77.7 Å². The number of hydrogen-bond acceptors (Lipinski definition) is 6. The second kappa shape index (κ2) is 8.03. The fourth-order valence-corrected chi connectivity index (χ4v) is 3.02. The number of carbonyl (C=O) groups is 1. The summed E-state index contributed by atoms with van der Waals surface area (Å²) in [6.07, 6.45) is 6.47. The van der Waals surface area contributed by atoms with Gasteiger partial charge in [0.05, 0.1) is 31.6 Å². The third kappa shape index (κ3) is 3.80. The minimum Gasteiger partial charge on any atom is -0.382 e. The lowest BCUT2D eigenvalue weighted by Crippen LogP contribution is -2.42. The fraction of sp³-hybridized carbons (Fsp3) is 0.471. The molecule has 24 heavy (non-hydrogen) atoms. The molecule has 0 saturated carbocycles. The molecule has 3 rings (SSSR count). The number of likely N-dealkylation sites (tertiary alicyclic amines) is 1. The molecule has 0 bridgehead atoms. The molecule has 2 atom stereocenters. The Morgan fingerprint density at radius 3 is 2.83 bits per heavy atom. The minimum absolute atomic E-state index is 0.0276. The fourth-order valence-electron chi connectivity index (χ4n) is 3.02. The van der Waals surface area contributed by atoms with Crippen LogP contribution in [0.15, 0.2) is 41.3 Å². The predicted molar refractivity (Wildman–Crippen MR) is 85.5 cm³/mol. The first-order valence-corrected chi connectivity index (χ1v) is 8.00. The maximum absolute atomic E-state index is 12.7. The molecule has 7 nitrogen and oxygen atoms in total. The normalized spacial score (nSPS) is 20.5. The first-order valence-electron chi connectivity index (χ1n) is 8.00. The van der Waals surface area contributed by atoms with E-state index in [4.69, 9.17) is 14.0 Å². The average Bonchev–Trinajstić information content (AvgIpc) is 3.26. The summed E-state index contributed by atoms with van der Waals surface area (Å²) in [6.45, 7) is 1.68. The zero-order chi connectivity index (χ0) is 16.8. The van der Waals surface area contributed by atoms with Crippen LogP contribution in [0.25, 0.3) is 0 Å². The van der Waals surface area contributed by atoms with E-state index in [1.54, 1.807) is 25.6 Å². The number of nitrogens with zero attached hydrogens (tertiary/aromatic N) is 3. The van der Waals surface area contributed by atoms with E-state index in [2.05, 4.69) is 10.1 Å². The van der Waals surface area contributed by atoms with Crippen molar-refractivity contribution in [1.82, 2.24) is 15.0 Å². The summed E-state index contributed by atoms with van der Waals surface area (Å²) in [5, 5.41) is 3.62. The molecule has 2 aromatic heterocycles. The van der Waals surface area contributed by atoms with Gasteiger partial charge in [-0.05, 0) is 30.5 Å². The number of ether oxygens (including phenoxy) is 2. The number of amides is 1. The zero-order valence-electron chi connectivity index (χ0n) is 13.6. The molecule has 128 valence electrons. The molecule has 3 heterocycles. The first-order chi connectivity index (χ1) is 11.8. The van der Waals surface area contributed by atoms with Crippen molar-refractivity contribution in [1.29, 1.82) is 0 Å². The first kappa shape index (κ1) is 16.6. The minimum atomic E-state index is -0.149. The molecular formula is C17H21N3O4. The van der Waals surface area contributed by atoms with Gasteiger partial charge in [-0.15, -0.1) is 0 Å². The van der Waals surface area contributed by atoms with E-state index in [0.717, 1.165) is 12.0 Å². The van der Waals surface area contributed by atoms with Gasteiger partial charge in [0.1, 0.15) is 0 Å². The smallest absolute Gasteiger partial charge is 0.292 e. The number of aromatic nitrogens is 2. The SMILES string of the molecule is COCCO[C@H]1CCN(C(=O)c2ccno2)[C@H]1Cc1ccncc1. The van der Waals surface area contributed by atoms with Gasteiger partial charge in [-0.3, -0.25) is 9.78 Å². The van der Waals surface area contributed by atoms with Crippen LogP contribution in [0.2, 0.25) is 0 Å². The molecule has 0 N–H and O–H groups in total. The van der Waals surface area contributed by atoms with Gasteiger partial charge in [0.25, 0.3) is 5.91 Å². The van der Waals surface area contributed by atoms with Crippen molar-refractivity contribution < 1.29 is 18.8 Å². The van der Waals surface area contributed by atoms with Crippen molar-refractivity contribution >= 4 is 5.91 Å². The quantitative estimate of drug-likeness (QED) is 0.717. The molecule has 0 aromatic carbocycles. The van der Waals surface area contributed by atoms with E-state index < -0.39 is 0 Å². The Bertz CT molecular complexity index is 633. The van der Waals surface area contributed by atoms with Crippen molar-refractivity contribution in [2.24, 2.45) is 0 Å². The van der Waals surface area contributed by atoms with E-state index in [1.807, 2.05) is 17.0 Å². The third-order valence-corrected chi connectivity index (χ3v) is 4.21. The number of carbonyl (C=O) groups excluding carboxylic acids is 1. The van der Waals surface area contributed by atoms with Crippen LogP contribution in [0, 0.1) is 0 Å². The number of methoxy groups -OCH3 is 1. The Kier molecular flexibility index (Phi) is 5.55. The highest BCUT2D eigenvalue weighted by Gasteiger charge is 2.39. The monoisotopic (exact) mass is 331 g/mol. The Morgan fingerprint density at radius 1 is 1.29 bits per heavy atom. The number of hydrogen-bond donors (Lipinski definition) is 0. The molecular weight excluding hydrogens is 310 g/mol. The summed E-state index contributed by atoms with van der Waals surface area (Å²) in [4.78, 5) is 18.5. The summed E-state index contributed by atoms with van der Waals surface area (Å²) < 4.78 is 16.0. The lowest BCUT2D eigenvalue weighted by atomic mass is 10.0. The molecule has 0 radical (unpaired) electrons. The molecule has 1 saturated heterocycles. The second-order valence-electron chi connectivity index (χ2n) is 5.69. The van der Waals surface area contributed by atoms with Gasteiger partial charge in [-0.2, -0.15) is 0 Å². The van der Waals surface area contributed by atoms with Crippen molar-refractivity contribution in [3.63, 3.8) is 0 Å². The van der Waals surface area contributed by atoms with E-state index >= 15 is 0 Å². The highest BCUT2D eigenvalue weighted by atomic mass is 16.5. The van der Waals surface area contributed by atoms with Gasteiger partial charge in [-0.1, -0.05) is 5.16 Å². The molecule has 0 spiro atoms. The van der Waals surface area contributed by atoms with Crippen molar-refractivity contribution in [3.8, 4) is 0 Å². The van der Waals surface area contributed by atoms with Gasteiger partial charge in [0, 0.05) is 32.1 Å². The van der Waals surface area contributed by atoms with Crippen LogP contribution < -0.4 is 0 Å². The summed E-state index contributed by atoms with van der Waals surface area (Å²) in [5.41, 5.74) is 1.12. The van der Waals surface area contributed by atoms with Crippen molar-refractivity contribution in [2.75, 3.05) is 26.9 Å². The maximum atomic E-state index is 12.7. The average molecular weight is 331 g/mol. The van der Waals surface area contributed by atoms with E-state index in [1.165, 1.54) is 6.20 Å². The van der Waals surface area contributed by atoms with E-state index in [-0.39, 0.29) is 23.8 Å². The Morgan fingerprint density at radius 2 is 2.12 bits per heavy atom. The van der Waals surface area contributed by atoms with Gasteiger partial charge in [-0.25, -0.2) is 0 Å². The van der Waals surface area contributed by atoms with Crippen LogP contribution in [0.3, 0.4) is 0 Å². The molecule has 7 heteroatoms. The number of rotatable bonds is 7. The highest BCUT2D eigenvalue weighted by molar-refractivity contribution is 5.91. The van der Waals surface area contributed by atoms with Crippen LogP contribution in [0.1, 0.15) is 22.5 Å². The lowest BCUT2D eigenvalue weighted by molar-refractivity contribution is -0.00000296. The molecule has 1 aliphatic heterocycles. The van der Waals surface area contributed by atoms with Crippen LogP contribution in [0.5, 0.6) is 0 Å². The van der Waals surface area contributed by atoms with Crippen molar-refractivity contribution in [2.45, 2.75) is 25.0 Å². The van der Waals surface area contributed by atoms with E-state index in [9.17, 15) is 4.79 Å². The lowest BCUT2D eigenvalue weighted by Gasteiger charge is -2.27. The highest BCUT2D eigenvalue weighted by Crippen LogP contribution is 2.26. The largest absolute Gasteiger partial charge is 0.382 e. The Hall–Kier alpha value is -2.25. The summed E-state index contributed by atoms with van der Waals surface area (Å²) in [5.74, 6) is 0.108. The predicted octanol–water partition coefficient (Wildman–Crippen LogP) is 1.56. The standard InChI is InChI=1S/C17H21N3O4/c1-22-10-11-23-15-5-9-20(17(21)16-4-8-19-24-16)14(15)12-13-2-6-18-7-3-13/h2-4,6-8,14-15H,5,9-12H2,1H3/t14-,15-/m0/s1. The Labute approximate surface area is 140 Å². The zero-order valence-corrected chi connectivity index (χ0v) is 13.6. The summed E-state index contributed by atoms with van der Waals surface area (Å²) >= 11 is 0. The maximum Gasteiger partial charge on any atom is 0.292 e. The number of pyridine rings is 1. The van der Waals surface area contributed by atoms with E-state index in [0.29, 0.717) is 26.2 Å². The molecule has 2 aromatic rings. The van der Waals surface area contributed by atoms with Gasteiger partial charge in [0.15, 0.2) is 0 Å². The molecule has 1 amide bonds. The van der Waals surface area contributed by atoms with Crippen molar-refractivity contribution in [3.05, 3.63) is 48.1 Å². The molecule has 1 fully saturated rings. The van der Waals surface area contributed by atoms with Gasteiger partial charge < -0.3 is 18.9 Å². The van der Waals surface area contributed by atoms with Gasteiger partial charge >= 0.3 is 0 Å². The molecule has 0 unspecified atom stereocenters. The van der Waals surface area contributed by atoms with Gasteiger partial charge in [0.2, 0.25) is 5.76 Å². The summed E-state index contributed by atoms with van der Waals surface area (Å²) in [7, 11) is 1.65. The second-order valence-corrected chi connectivity index (χ2v) is 5.69. The summed E-state index contributed by atoms with van der Waals surface area (Å²) in [6, 6.07) is 5.45. The third-order valence-electron chi connectivity index (χ3n) is 4.21. The molecule has 0 aliphatic carbocycles. The van der Waals surface area contributed by atoms with Crippen LogP contribution in [-0.2, 0) is 15.9 Å². The molecule has 1 aliphatic rings. The van der Waals surface area contributed by atoms with Crippen LogP contribution >= 0.6 is 0 Å². The van der Waals surface area contributed by atoms with Crippen LogP contribution in [0.4, 0.5) is 0 Å².